The van der Waals surface area contributed by atoms with Crippen molar-refractivity contribution in [3.63, 3.8) is 0 Å². The maximum atomic E-state index is 12.1. The van der Waals surface area contributed by atoms with E-state index >= 15 is 0 Å². The van der Waals surface area contributed by atoms with Gasteiger partial charge in [0.15, 0.2) is 0 Å². The zero-order valence-corrected chi connectivity index (χ0v) is 14.5. The molecule has 0 aromatic heterocycles. The van der Waals surface area contributed by atoms with Gasteiger partial charge in [-0.25, -0.2) is 13.2 Å². The average Bonchev–Trinajstić information content (AvgIpc) is 2.51. The Bertz CT molecular complexity index is 645. The number of ether oxygens (including phenoxy) is 1. The third-order valence-corrected chi connectivity index (χ3v) is 4.98. The molecule has 128 valence electrons. The zero-order valence-electron chi connectivity index (χ0n) is 13.7. The van der Waals surface area contributed by atoms with Gasteiger partial charge in [0.2, 0.25) is 10.0 Å². The highest BCUT2D eigenvalue weighted by Gasteiger charge is 2.20. The van der Waals surface area contributed by atoms with Crippen LogP contribution in [0.3, 0.4) is 0 Å². The Kier molecular flexibility index (Phi) is 5.48. The third kappa shape index (κ3) is 4.84. The number of hydrogen-bond donors (Lipinski definition) is 1. The first-order chi connectivity index (χ1) is 10.8. The molecular weight excluding hydrogens is 318 g/mol. The van der Waals surface area contributed by atoms with E-state index in [0.717, 1.165) is 11.8 Å². The largest absolute Gasteiger partial charge is 0.375 e. The summed E-state index contributed by atoms with van der Waals surface area (Å²) in [6.07, 6.45) is 1.21. The number of urea groups is 1. The second kappa shape index (κ2) is 7.18. The monoisotopic (exact) mass is 341 g/mol. The fourth-order valence-electron chi connectivity index (χ4n) is 2.31. The summed E-state index contributed by atoms with van der Waals surface area (Å²) in [6, 6.07) is 6.94. The normalized spacial score (nSPS) is 18.6. The molecule has 2 rings (SSSR count). The predicted octanol–water partition coefficient (Wildman–Crippen LogP) is 1.01. The molecule has 1 fully saturated rings. The first-order valence-corrected chi connectivity index (χ1v) is 9.29. The van der Waals surface area contributed by atoms with Crippen LogP contribution in [0.5, 0.6) is 0 Å². The maximum Gasteiger partial charge on any atom is 0.317 e. The minimum Gasteiger partial charge on any atom is -0.375 e. The summed E-state index contributed by atoms with van der Waals surface area (Å²) in [7, 11) is -1.76. The molecule has 7 nitrogen and oxygen atoms in total. The molecule has 1 N–H and O–H groups in total. The van der Waals surface area contributed by atoms with Crippen molar-refractivity contribution in [2.24, 2.45) is 0 Å². The van der Waals surface area contributed by atoms with E-state index in [0.29, 0.717) is 31.9 Å². The van der Waals surface area contributed by atoms with Crippen molar-refractivity contribution in [3.8, 4) is 0 Å². The van der Waals surface area contributed by atoms with Crippen LogP contribution in [0.25, 0.3) is 0 Å². The van der Waals surface area contributed by atoms with Crippen molar-refractivity contribution in [2.75, 3.05) is 37.3 Å². The van der Waals surface area contributed by atoms with Gasteiger partial charge in [0.1, 0.15) is 0 Å². The van der Waals surface area contributed by atoms with E-state index in [1.54, 1.807) is 29.2 Å². The molecule has 0 spiro atoms. The first kappa shape index (κ1) is 17.6. The molecule has 1 heterocycles. The van der Waals surface area contributed by atoms with E-state index in [1.807, 2.05) is 6.92 Å². The number of sulfonamides is 1. The predicted molar refractivity (Wildman–Crippen MR) is 88.9 cm³/mol. The lowest BCUT2D eigenvalue weighted by Gasteiger charge is -2.31. The number of nitrogens with zero attached hydrogens (tertiary/aromatic N) is 2. The summed E-state index contributed by atoms with van der Waals surface area (Å²) in [5.74, 6) is 0. The Hall–Kier alpha value is -1.80. The van der Waals surface area contributed by atoms with Crippen molar-refractivity contribution in [3.05, 3.63) is 29.8 Å². The standard InChI is InChI=1S/C15H23N3O4S/c1-12-11-18(8-9-22-12)15(19)16-10-13-4-6-14(7-5-13)17(2)23(3,20)21/h4-7,12H,8-11H2,1-3H3,(H,16,19)/t12-/m1/s1. The highest BCUT2D eigenvalue weighted by Crippen LogP contribution is 2.16. The van der Waals surface area contributed by atoms with E-state index in [1.165, 1.54) is 11.4 Å². The van der Waals surface area contributed by atoms with Crippen molar-refractivity contribution in [1.29, 1.82) is 0 Å². The number of carbonyl (C=O) groups is 1. The van der Waals surface area contributed by atoms with Gasteiger partial charge < -0.3 is 15.0 Å². The van der Waals surface area contributed by atoms with Crippen molar-refractivity contribution in [2.45, 2.75) is 19.6 Å². The summed E-state index contributed by atoms with van der Waals surface area (Å²) in [4.78, 5) is 13.8. The Labute approximate surface area is 137 Å². The second-order valence-corrected chi connectivity index (χ2v) is 7.70. The molecule has 1 aliphatic rings. The van der Waals surface area contributed by atoms with E-state index in [9.17, 15) is 13.2 Å². The average molecular weight is 341 g/mol. The summed E-state index contributed by atoms with van der Waals surface area (Å²) in [5, 5.41) is 2.87. The van der Waals surface area contributed by atoms with Gasteiger partial charge in [0, 0.05) is 26.7 Å². The number of morpholine rings is 1. The number of nitrogens with one attached hydrogen (secondary N) is 1. The Balaban J connectivity index is 1.90. The van der Waals surface area contributed by atoms with Crippen LogP contribution in [0.1, 0.15) is 12.5 Å². The van der Waals surface area contributed by atoms with Crippen molar-refractivity contribution in [1.82, 2.24) is 10.2 Å². The van der Waals surface area contributed by atoms with Crippen LogP contribution in [0.2, 0.25) is 0 Å². The van der Waals surface area contributed by atoms with Gasteiger partial charge in [0.25, 0.3) is 0 Å². The molecule has 1 aliphatic heterocycles. The highest BCUT2D eigenvalue weighted by molar-refractivity contribution is 7.92. The van der Waals surface area contributed by atoms with Gasteiger partial charge in [-0.3, -0.25) is 4.31 Å². The molecule has 1 saturated heterocycles. The van der Waals surface area contributed by atoms with E-state index < -0.39 is 10.0 Å². The zero-order chi connectivity index (χ0) is 17.0. The number of carbonyl (C=O) groups excluding carboxylic acids is 1. The SMILES string of the molecule is C[C@@H]1CN(C(=O)NCc2ccc(N(C)S(C)(=O)=O)cc2)CCO1. The van der Waals surface area contributed by atoms with E-state index in [4.69, 9.17) is 4.74 Å². The highest BCUT2D eigenvalue weighted by atomic mass is 32.2. The molecule has 0 bridgehead atoms. The molecule has 2 amide bonds. The van der Waals surface area contributed by atoms with Gasteiger partial charge in [0.05, 0.1) is 24.7 Å². The van der Waals surface area contributed by atoms with Crippen LogP contribution in [0, 0.1) is 0 Å². The van der Waals surface area contributed by atoms with E-state index in [2.05, 4.69) is 5.32 Å². The number of amides is 2. The topological polar surface area (TPSA) is 79.0 Å². The van der Waals surface area contributed by atoms with E-state index in [-0.39, 0.29) is 12.1 Å². The molecular formula is C15H23N3O4S. The molecule has 0 unspecified atom stereocenters. The number of anilines is 1. The van der Waals surface area contributed by atoms with Crippen LogP contribution in [0.15, 0.2) is 24.3 Å². The summed E-state index contributed by atoms with van der Waals surface area (Å²) < 4.78 is 29.6. The molecule has 1 aromatic carbocycles. The fourth-order valence-corrected chi connectivity index (χ4v) is 2.81. The minimum atomic E-state index is -3.27. The molecule has 8 heteroatoms. The lowest BCUT2D eigenvalue weighted by Crippen LogP contribution is -2.48. The van der Waals surface area contributed by atoms with Crippen LogP contribution >= 0.6 is 0 Å². The van der Waals surface area contributed by atoms with Gasteiger partial charge >= 0.3 is 6.03 Å². The van der Waals surface area contributed by atoms with Gasteiger partial charge in [-0.15, -0.1) is 0 Å². The Morgan fingerprint density at radius 1 is 1.39 bits per heavy atom. The van der Waals surface area contributed by atoms with Gasteiger partial charge in [-0.05, 0) is 24.6 Å². The smallest absolute Gasteiger partial charge is 0.317 e. The van der Waals surface area contributed by atoms with Gasteiger partial charge in [-0.2, -0.15) is 0 Å². The van der Waals surface area contributed by atoms with Crippen LogP contribution in [-0.4, -0.2) is 58.5 Å². The summed E-state index contributed by atoms with van der Waals surface area (Å²) in [5.41, 5.74) is 1.50. The number of benzene rings is 1. The summed E-state index contributed by atoms with van der Waals surface area (Å²) >= 11 is 0. The molecule has 0 radical (unpaired) electrons. The van der Waals surface area contributed by atoms with Crippen LogP contribution in [0.4, 0.5) is 10.5 Å². The van der Waals surface area contributed by atoms with Crippen LogP contribution < -0.4 is 9.62 Å². The van der Waals surface area contributed by atoms with Crippen LogP contribution in [-0.2, 0) is 21.3 Å². The molecule has 0 saturated carbocycles. The molecule has 1 atom stereocenters. The second-order valence-electron chi connectivity index (χ2n) is 5.68. The van der Waals surface area contributed by atoms with Crippen molar-refractivity contribution < 1.29 is 17.9 Å². The summed E-state index contributed by atoms with van der Waals surface area (Å²) in [6.45, 7) is 4.07. The first-order valence-electron chi connectivity index (χ1n) is 7.44. The maximum absolute atomic E-state index is 12.1. The Morgan fingerprint density at radius 3 is 2.61 bits per heavy atom. The minimum absolute atomic E-state index is 0.0558. The lowest BCUT2D eigenvalue weighted by molar-refractivity contribution is -0.00351. The van der Waals surface area contributed by atoms with Gasteiger partial charge in [-0.1, -0.05) is 12.1 Å². The van der Waals surface area contributed by atoms with Crippen molar-refractivity contribution >= 4 is 21.7 Å². The molecule has 0 aliphatic carbocycles. The number of hydrogen-bond acceptors (Lipinski definition) is 4. The number of rotatable bonds is 4. The quantitative estimate of drug-likeness (QED) is 0.886. The molecule has 23 heavy (non-hydrogen) atoms. The molecule has 1 aromatic rings. The lowest BCUT2D eigenvalue weighted by atomic mass is 10.2. The Morgan fingerprint density at radius 2 is 2.04 bits per heavy atom. The fraction of sp³-hybridized carbons (Fsp3) is 0.533. The third-order valence-electron chi connectivity index (χ3n) is 3.77.